The third-order valence-electron chi connectivity index (χ3n) is 4.57. The number of aromatic nitrogens is 2. The minimum Gasteiger partial charge on any atom is -0.342 e. The summed E-state index contributed by atoms with van der Waals surface area (Å²) in [4.78, 5) is 8.11. The molecule has 7 heteroatoms. The predicted molar refractivity (Wildman–Crippen MR) is 93.4 cm³/mol. The number of nitriles is 1. The lowest BCUT2D eigenvalue weighted by Crippen LogP contribution is -2.28. The van der Waals surface area contributed by atoms with Crippen molar-refractivity contribution < 1.29 is 8.42 Å². The average Bonchev–Trinajstić information content (AvgIpc) is 3.28. The summed E-state index contributed by atoms with van der Waals surface area (Å²) in [5.41, 5.74) is 2.30. The molecule has 1 fully saturated rings. The normalized spacial score (nSPS) is 18.4. The summed E-state index contributed by atoms with van der Waals surface area (Å²) in [6, 6.07) is 15.8. The number of fused-ring (bicyclic) bond motifs is 1. The van der Waals surface area contributed by atoms with Gasteiger partial charge in [0.1, 0.15) is 5.82 Å². The van der Waals surface area contributed by atoms with E-state index in [9.17, 15) is 8.42 Å². The maximum absolute atomic E-state index is 12.8. The second-order valence-corrected chi connectivity index (χ2v) is 8.06. The highest BCUT2D eigenvalue weighted by molar-refractivity contribution is 7.89. The van der Waals surface area contributed by atoms with Crippen molar-refractivity contribution in [3.05, 3.63) is 59.9 Å². The van der Waals surface area contributed by atoms with Crippen LogP contribution in [0, 0.1) is 11.3 Å². The van der Waals surface area contributed by atoms with Crippen molar-refractivity contribution >= 4 is 21.1 Å². The van der Waals surface area contributed by atoms with E-state index in [4.69, 9.17) is 5.26 Å². The van der Waals surface area contributed by atoms with Gasteiger partial charge in [0.25, 0.3) is 0 Å². The van der Waals surface area contributed by atoms with E-state index in [0.717, 1.165) is 23.3 Å². The fraction of sp³-hybridized carbons (Fsp3) is 0.222. The quantitative estimate of drug-likeness (QED) is 0.784. The topological polar surface area (TPSA) is 89.8 Å². The van der Waals surface area contributed by atoms with Crippen LogP contribution < -0.4 is 0 Å². The molecule has 2 aromatic carbocycles. The van der Waals surface area contributed by atoms with Crippen LogP contribution in [0.1, 0.15) is 23.7 Å². The molecule has 1 atom stereocenters. The van der Waals surface area contributed by atoms with Gasteiger partial charge in [-0.1, -0.05) is 12.1 Å². The SMILES string of the molecule is N#Cc1ccc(S(=O)(=O)N2CCC(c3nc4ccccc4[nH]3)C2)cc1. The number of para-hydroxylation sites is 2. The molecular formula is C18H16N4O2S. The largest absolute Gasteiger partial charge is 0.342 e. The van der Waals surface area contributed by atoms with E-state index in [-0.39, 0.29) is 10.8 Å². The number of hydrogen-bond donors (Lipinski definition) is 1. The van der Waals surface area contributed by atoms with Gasteiger partial charge in [-0.05, 0) is 42.8 Å². The standard InChI is InChI=1S/C18H16N4O2S/c19-11-13-5-7-15(8-6-13)25(23,24)22-10-9-14(12-22)18-20-16-3-1-2-4-17(16)21-18/h1-8,14H,9-10,12H2,(H,20,21). The first-order chi connectivity index (χ1) is 12.1. The Morgan fingerprint density at radius 2 is 1.92 bits per heavy atom. The van der Waals surface area contributed by atoms with Crippen molar-refractivity contribution in [2.24, 2.45) is 0 Å². The second-order valence-electron chi connectivity index (χ2n) is 6.12. The molecule has 25 heavy (non-hydrogen) atoms. The minimum absolute atomic E-state index is 0.0561. The molecule has 126 valence electrons. The van der Waals surface area contributed by atoms with Crippen LogP contribution in [-0.4, -0.2) is 35.8 Å². The number of benzene rings is 2. The first-order valence-electron chi connectivity index (χ1n) is 8.03. The van der Waals surface area contributed by atoms with Crippen LogP contribution in [0.2, 0.25) is 0 Å². The zero-order chi connectivity index (χ0) is 17.4. The molecule has 0 spiro atoms. The summed E-state index contributed by atoms with van der Waals surface area (Å²) in [5.74, 6) is 0.888. The first-order valence-corrected chi connectivity index (χ1v) is 9.47. The van der Waals surface area contributed by atoms with Crippen LogP contribution in [0.4, 0.5) is 0 Å². The van der Waals surface area contributed by atoms with Gasteiger partial charge in [-0.15, -0.1) is 0 Å². The number of nitrogens with zero attached hydrogens (tertiary/aromatic N) is 3. The Bertz CT molecular complexity index is 1030. The Morgan fingerprint density at radius 3 is 2.64 bits per heavy atom. The third-order valence-corrected chi connectivity index (χ3v) is 6.45. The first kappa shape index (κ1) is 15.8. The zero-order valence-corrected chi connectivity index (χ0v) is 14.2. The number of nitrogens with one attached hydrogen (secondary N) is 1. The molecule has 0 radical (unpaired) electrons. The van der Waals surface area contributed by atoms with E-state index in [1.54, 1.807) is 0 Å². The van der Waals surface area contributed by atoms with E-state index < -0.39 is 10.0 Å². The highest BCUT2D eigenvalue weighted by Crippen LogP contribution is 2.30. The molecule has 0 amide bonds. The average molecular weight is 352 g/mol. The van der Waals surface area contributed by atoms with Crippen molar-refractivity contribution in [3.63, 3.8) is 0 Å². The summed E-state index contributed by atoms with van der Waals surface area (Å²) in [7, 11) is -3.55. The van der Waals surface area contributed by atoms with Crippen LogP contribution >= 0.6 is 0 Å². The molecule has 1 N–H and O–H groups in total. The molecule has 2 heterocycles. The monoisotopic (exact) mass is 352 g/mol. The Balaban J connectivity index is 1.57. The predicted octanol–water partition coefficient (Wildman–Crippen LogP) is 2.61. The van der Waals surface area contributed by atoms with E-state index in [1.807, 2.05) is 30.3 Å². The van der Waals surface area contributed by atoms with Crippen LogP contribution in [0.5, 0.6) is 0 Å². The molecule has 0 bridgehead atoms. The number of imidazole rings is 1. The second kappa shape index (κ2) is 5.99. The maximum Gasteiger partial charge on any atom is 0.243 e. The molecule has 0 aliphatic carbocycles. The van der Waals surface area contributed by atoms with Crippen molar-refractivity contribution in [1.82, 2.24) is 14.3 Å². The lowest BCUT2D eigenvalue weighted by atomic mass is 10.1. The summed E-state index contributed by atoms with van der Waals surface area (Å²) in [5, 5.41) is 8.84. The van der Waals surface area contributed by atoms with Crippen molar-refractivity contribution in [3.8, 4) is 6.07 Å². The summed E-state index contributed by atoms with van der Waals surface area (Å²) in [6.45, 7) is 0.867. The fourth-order valence-corrected chi connectivity index (χ4v) is 4.69. The third kappa shape index (κ3) is 2.80. The Hall–Kier alpha value is -2.69. The smallest absolute Gasteiger partial charge is 0.243 e. The van der Waals surface area contributed by atoms with E-state index >= 15 is 0 Å². The van der Waals surface area contributed by atoms with E-state index in [1.165, 1.54) is 28.6 Å². The molecular weight excluding hydrogens is 336 g/mol. The van der Waals surface area contributed by atoms with E-state index in [0.29, 0.717) is 18.7 Å². The number of rotatable bonds is 3. The summed E-state index contributed by atoms with van der Waals surface area (Å²) in [6.07, 6.45) is 0.731. The molecule has 1 aliphatic heterocycles. The highest BCUT2D eigenvalue weighted by Gasteiger charge is 2.34. The van der Waals surface area contributed by atoms with Crippen molar-refractivity contribution in [2.45, 2.75) is 17.2 Å². The van der Waals surface area contributed by atoms with Gasteiger partial charge >= 0.3 is 0 Å². The fourth-order valence-electron chi connectivity index (χ4n) is 3.19. The van der Waals surface area contributed by atoms with Crippen LogP contribution in [0.15, 0.2) is 53.4 Å². The molecule has 6 nitrogen and oxygen atoms in total. The molecule has 1 aliphatic rings. The molecule has 4 rings (SSSR count). The van der Waals surface area contributed by atoms with Gasteiger partial charge < -0.3 is 4.98 Å². The molecule has 0 saturated carbocycles. The highest BCUT2D eigenvalue weighted by atomic mass is 32.2. The molecule has 3 aromatic rings. The Labute approximate surface area is 145 Å². The van der Waals surface area contributed by atoms with Gasteiger partial charge in [-0.25, -0.2) is 13.4 Å². The van der Waals surface area contributed by atoms with E-state index in [2.05, 4.69) is 9.97 Å². The Morgan fingerprint density at radius 1 is 1.16 bits per heavy atom. The van der Waals surface area contributed by atoms with Crippen LogP contribution in [0.3, 0.4) is 0 Å². The zero-order valence-electron chi connectivity index (χ0n) is 13.4. The molecule has 1 aromatic heterocycles. The number of H-pyrrole nitrogens is 1. The van der Waals surface area contributed by atoms with Crippen LogP contribution in [0.25, 0.3) is 11.0 Å². The van der Waals surface area contributed by atoms with Gasteiger partial charge in [0, 0.05) is 19.0 Å². The van der Waals surface area contributed by atoms with Gasteiger partial charge in [0.15, 0.2) is 0 Å². The maximum atomic E-state index is 12.8. The lowest BCUT2D eigenvalue weighted by Gasteiger charge is -2.16. The number of aromatic amines is 1. The Kier molecular flexibility index (Phi) is 3.79. The molecule has 1 unspecified atom stereocenters. The molecule has 1 saturated heterocycles. The van der Waals surface area contributed by atoms with Gasteiger partial charge in [0.05, 0.1) is 27.6 Å². The van der Waals surface area contributed by atoms with Gasteiger partial charge in [-0.2, -0.15) is 9.57 Å². The summed E-state index contributed by atoms with van der Waals surface area (Å²) < 4.78 is 27.1. The number of hydrogen-bond acceptors (Lipinski definition) is 4. The van der Waals surface area contributed by atoms with Gasteiger partial charge in [-0.3, -0.25) is 0 Å². The van der Waals surface area contributed by atoms with Crippen LogP contribution in [-0.2, 0) is 10.0 Å². The minimum atomic E-state index is -3.55. The van der Waals surface area contributed by atoms with Gasteiger partial charge in [0.2, 0.25) is 10.0 Å². The van der Waals surface area contributed by atoms with Crippen molar-refractivity contribution in [2.75, 3.05) is 13.1 Å². The number of sulfonamides is 1. The van der Waals surface area contributed by atoms with Crippen molar-refractivity contribution in [1.29, 1.82) is 5.26 Å². The lowest BCUT2D eigenvalue weighted by molar-refractivity contribution is 0.471. The summed E-state index contributed by atoms with van der Waals surface area (Å²) >= 11 is 0.